The molecule has 0 aromatic carbocycles. The quantitative estimate of drug-likeness (QED) is 0.226. The van der Waals surface area contributed by atoms with Gasteiger partial charge in [-0.25, -0.2) is 0 Å². The van der Waals surface area contributed by atoms with Crippen molar-refractivity contribution in [1.29, 1.82) is 0 Å². The third-order valence-corrected chi connectivity index (χ3v) is 3.53. The Bertz CT molecular complexity index is 437. The summed E-state index contributed by atoms with van der Waals surface area (Å²) in [6.45, 7) is 9.57. The molecule has 2 amide bonds. The van der Waals surface area contributed by atoms with Crippen LogP contribution in [0.3, 0.4) is 0 Å². The Hall–Kier alpha value is -1.36. The molecular formula is C19H33NO8. The number of rotatable bonds is 19. The van der Waals surface area contributed by atoms with Gasteiger partial charge in [-0.2, -0.15) is 0 Å². The lowest BCUT2D eigenvalue weighted by Crippen LogP contribution is -2.33. The van der Waals surface area contributed by atoms with Crippen LogP contribution in [0, 0.1) is 0 Å². The summed E-state index contributed by atoms with van der Waals surface area (Å²) >= 11 is 0. The molecule has 9 heteroatoms. The van der Waals surface area contributed by atoms with Gasteiger partial charge in [-0.1, -0.05) is 0 Å². The summed E-state index contributed by atoms with van der Waals surface area (Å²) in [7, 11) is 0. The maximum Gasteiger partial charge on any atom is 0.253 e. The molecule has 0 aliphatic carbocycles. The fraction of sp³-hybridized carbons (Fsp3) is 0.789. The zero-order chi connectivity index (χ0) is 20.5. The van der Waals surface area contributed by atoms with Crippen molar-refractivity contribution in [3.8, 4) is 0 Å². The smallest absolute Gasteiger partial charge is 0.253 e. The van der Waals surface area contributed by atoms with Crippen LogP contribution in [0.1, 0.15) is 13.8 Å². The summed E-state index contributed by atoms with van der Waals surface area (Å²) in [5.74, 6) is -0.593. The first-order valence-electron chi connectivity index (χ1n) is 9.65. The van der Waals surface area contributed by atoms with E-state index in [2.05, 4.69) is 0 Å². The fourth-order valence-corrected chi connectivity index (χ4v) is 2.13. The lowest BCUT2D eigenvalue weighted by atomic mass is 10.5. The molecule has 0 bridgehead atoms. The van der Waals surface area contributed by atoms with Crippen LogP contribution >= 0.6 is 0 Å². The molecule has 0 unspecified atom stereocenters. The Balaban J connectivity index is 1.71. The molecular weight excluding hydrogens is 370 g/mol. The Kier molecular flexibility index (Phi) is 14.6. The van der Waals surface area contributed by atoms with E-state index in [0.29, 0.717) is 72.7 Å². The number of hydrogen-bond acceptors (Lipinski definition) is 8. The van der Waals surface area contributed by atoms with Gasteiger partial charge in [0.15, 0.2) is 0 Å². The molecule has 0 saturated carbocycles. The summed E-state index contributed by atoms with van der Waals surface area (Å²) in [5, 5.41) is 0. The highest BCUT2D eigenvalue weighted by molar-refractivity contribution is 6.12. The van der Waals surface area contributed by atoms with Crippen molar-refractivity contribution >= 4 is 11.8 Å². The van der Waals surface area contributed by atoms with Gasteiger partial charge in [0.05, 0.1) is 85.3 Å². The second kappa shape index (κ2) is 16.6. The van der Waals surface area contributed by atoms with E-state index in [4.69, 9.17) is 28.4 Å². The summed E-state index contributed by atoms with van der Waals surface area (Å²) < 4.78 is 32.2. The van der Waals surface area contributed by atoms with E-state index in [1.54, 1.807) is 0 Å². The number of amides is 2. The summed E-state index contributed by atoms with van der Waals surface area (Å²) in [6.07, 6.45) is 2.74. The number of hydrogen-bond donors (Lipinski definition) is 0. The molecule has 0 aromatic heterocycles. The van der Waals surface area contributed by atoms with E-state index in [1.165, 1.54) is 12.2 Å². The van der Waals surface area contributed by atoms with Gasteiger partial charge < -0.3 is 28.4 Å². The lowest BCUT2D eigenvalue weighted by Gasteiger charge is -2.13. The van der Waals surface area contributed by atoms with Crippen LogP contribution in [0.5, 0.6) is 0 Å². The summed E-state index contributed by atoms with van der Waals surface area (Å²) in [5.41, 5.74) is 0. The molecule has 0 atom stereocenters. The molecule has 0 saturated heterocycles. The highest BCUT2D eigenvalue weighted by atomic mass is 16.6. The molecule has 0 radical (unpaired) electrons. The first kappa shape index (κ1) is 24.7. The van der Waals surface area contributed by atoms with Gasteiger partial charge in [0.2, 0.25) is 0 Å². The van der Waals surface area contributed by atoms with Gasteiger partial charge >= 0.3 is 0 Å². The highest BCUT2D eigenvalue weighted by Crippen LogP contribution is 2.02. The van der Waals surface area contributed by atoms with Crippen molar-refractivity contribution in [3.63, 3.8) is 0 Å². The third-order valence-electron chi connectivity index (χ3n) is 3.53. The molecule has 1 aliphatic rings. The normalized spacial score (nSPS) is 14.0. The SMILES string of the molecule is CC(C)OCCOCCOCCOCCOCCOCCN1C(=O)C=CC1=O. The van der Waals surface area contributed by atoms with Crippen LogP contribution in [0.2, 0.25) is 0 Å². The fourth-order valence-electron chi connectivity index (χ4n) is 2.13. The molecule has 1 heterocycles. The van der Waals surface area contributed by atoms with Crippen molar-refractivity contribution in [2.24, 2.45) is 0 Å². The van der Waals surface area contributed by atoms with E-state index in [9.17, 15) is 9.59 Å². The van der Waals surface area contributed by atoms with Crippen molar-refractivity contribution in [2.45, 2.75) is 20.0 Å². The van der Waals surface area contributed by atoms with E-state index >= 15 is 0 Å². The molecule has 162 valence electrons. The number of carbonyl (C=O) groups is 2. The van der Waals surface area contributed by atoms with Crippen LogP contribution in [0.15, 0.2) is 12.2 Å². The van der Waals surface area contributed by atoms with E-state index in [1.807, 2.05) is 13.8 Å². The van der Waals surface area contributed by atoms with Gasteiger partial charge in [0.1, 0.15) is 0 Å². The molecule has 28 heavy (non-hydrogen) atoms. The van der Waals surface area contributed by atoms with Crippen LogP contribution < -0.4 is 0 Å². The Morgan fingerprint density at radius 3 is 1.39 bits per heavy atom. The zero-order valence-corrected chi connectivity index (χ0v) is 16.9. The number of nitrogens with zero attached hydrogens (tertiary/aromatic N) is 1. The van der Waals surface area contributed by atoms with E-state index < -0.39 is 0 Å². The second-order valence-corrected chi connectivity index (χ2v) is 6.14. The van der Waals surface area contributed by atoms with Crippen molar-refractivity contribution < 1.29 is 38.0 Å². The third kappa shape index (κ3) is 12.9. The standard InChI is InChI=1S/C19H33NO8/c1-17(2)28-16-15-27-14-13-26-12-11-25-10-9-24-8-7-23-6-5-20-18(21)3-4-19(20)22/h3-4,17H,5-16H2,1-2H3. The molecule has 0 aromatic rings. The highest BCUT2D eigenvalue weighted by Gasteiger charge is 2.22. The Morgan fingerprint density at radius 1 is 0.643 bits per heavy atom. The minimum absolute atomic E-state index is 0.227. The number of carbonyl (C=O) groups excluding carboxylic acids is 2. The molecule has 0 N–H and O–H groups in total. The van der Waals surface area contributed by atoms with Crippen LogP contribution in [-0.2, 0) is 38.0 Å². The van der Waals surface area contributed by atoms with E-state index in [0.717, 1.165) is 4.90 Å². The number of ether oxygens (including phenoxy) is 6. The van der Waals surface area contributed by atoms with Crippen LogP contribution in [-0.4, -0.2) is 102 Å². The maximum atomic E-state index is 11.3. The largest absolute Gasteiger partial charge is 0.377 e. The molecule has 0 fully saturated rings. The maximum absolute atomic E-state index is 11.3. The Morgan fingerprint density at radius 2 is 1.00 bits per heavy atom. The Labute approximate surface area is 166 Å². The van der Waals surface area contributed by atoms with E-state index in [-0.39, 0.29) is 24.5 Å². The van der Waals surface area contributed by atoms with Crippen molar-refractivity contribution in [3.05, 3.63) is 12.2 Å². The minimum atomic E-state index is -0.297. The first-order valence-corrected chi connectivity index (χ1v) is 9.65. The number of imide groups is 1. The lowest BCUT2D eigenvalue weighted by molar-refractivity contribution is -0.137. The van der Waals surface area contributed by atoms with Gasteiger partial charge in [0, 0.05) is 12.2 Å². The summed E-state index contributed by atoms with van der Waals surface area (Å²) in [4.78, 5) is 23.8. The molecule has 9 nitrogen and oxygen atoms in total. The molecule has 1 aliphatic heterocycles. The average Bonchev–Trinajstić information content (AvgIpc) is 2.98. The predicted octanol–water partition coefficient (Wildman–Crippen LogP) is 0.419. The van der Waals surface area contributed by atoms with Gasteiger partial charge in [-0.15, -0.1) is 0 Å². The zero-order valence-electron chi connectivity index (χ0n) is 16.9. The predicted molar refractivity (Wildman–Crippen MR) is 101 cm³/mol. The topological polar surface area (TPSA) is 92.8 Å². The average molecular weight is 403 g/mol. The first-order chi connectivity index (χ1) is 13.6. The summed E-state index contributed by atoms with van der Waals surface area (Å²) in [6, 6.07) is 0. The van der Waals surface area contributed by atoms with Crippen LogP contribution in [0.25, 0.3) is 0 Å². The van der Waals surface area contributed by atoms with Crippen molar-refractivity contribution in [2.75, 3.05) is 79.2 Å². The minimum Gasteiger partial charge on any atom is -0.377 e. The molecule has 0 spiro atoms. The van der Waals surface area contributed by atoms with Gasteiger partial charge in [0.25, 0.3) is 11.8 Å². The van der Waals surface area contributed by atoms with Gasteiger partial charge in [-0.3, -0.25) is 14.5 Å². The van der Waals surface area contributed by atoms with Gasteiger partial charge in [-0.05, 0) is 13.8 Å². The second-order valence-electron chi connectivity index (χ2n) is 6.14. The van der Waals surface area contributed by atoms with Crippen molar-refractivity contribution in [1.82, 2.24) is 4.90 Å². The monoisotopic (exact) mass is 403 g/mol. The molecule has 1 rings (SSSR count). The van der Waals surface area contributed by atoms with Crippen LogP contribution in [0.4, 0.5) is 0 Å².